The van der Waals surface area contributed by atoms with Crippen LogP contribution in [0.25, 0.3) is 0 Å². The maximum absolute atomic E-state index is 12.2. The Morgan fingerprint density at radius 3 is 2.89 bits per heavy atom. The van der Waals surface area contributed by atoms with E-state index in [1.807, 2.05) is 0 Å². The summed E-state index contributed by atoms with van der Waals surface area (Å²) >= 11 is 3.45. The summed E-state index contributed by atoms with van der Waals surface area (Å²) in [5.41, 5.74) is 0.507. The van der Waals surface area contributed by atoms with Crippen LogP contribution in [0.5, 0.6) is 5.75 Å². The number of methoxy groups -OCH3 is 2. The van der Waals surface area contributed by atoms with E-state index >= 15 is 0 Å². The Bertz CT molecular complexity index is 401. The van der Waals surface area contributed by atoms with Gasteiger partial charge < -0.3 is 14.4 Å². The third-order valence-corrected chi connectivity index (χ3v) is 2.95. The van der Waals surface area contributed by atoms with Crippen LogP contribution in [0.1, 0.15) is 10.4 Å². The van der Waals surface area contributed by atoms with Gasteiger partial charge in [0.1, 0.15) is 5.75 Å². The highest BCUT2D eigenvalue weighted by atomic mass is 79.9. The molecule has 0 radical (unpaired) electrons. The number of alkyl halides is 1. The van der Waals surface area contributed by atoms with Gasteiger partial charge in [0.15, 0.2) is 0 Å². The Morgan fingerprint density at radius 2 is 2.28 bits per heavy atom. The van der Waals surface area contributed by atoms with Crippen molar-refractivity contribution in [3.8, 4) is 5.75 Å². The normalized spacial score (nSPS) is 12.0. The molecule has 0 aliphatic carbocycles. The van der Waals surface area contributed by atoms with Crippen molar-refractivity contribution in [2.75, 3.05) is 34.4 Å². The van der Waals surface area contributed by atoms with Crippen LogP contribution in [-0.4, -0.2) is 55.0 Å². The van der Waals surface area contributed by atoms with Crippen molar-refractivity contribution < 1.29 is 14.3 Å². The van der Waals surface area contributed by atoms with Gasteiger partial charge in [-0.1, -0.05) is 15.9 Å². The fraction of sp³-hybridized carbons (Fsp3) is 0.500. The first-order valence-electron chi connectivity index (χ1n) is 5.46. The zero-order chi connectivity index (χ0) is 13.5. The minimum absolute atomic E-state index is 0.101. The topological polar surface area (TPSA) is 51.7 Å². The van der Waals surface area contributed by atoms with Gasteiger partial charge in [-0.25, -0.2) is 0 Å². The minimum Gasteiger partial charge on any atom is -0.494 e. The predicted octanol–water partition coefficient (Wildman–Crippen LogP) is 1.57. The zero-order valence-electron chi connectivity index (χ0n) is 10.7. The van der Waals surface area contributed by atoms with Crippen molar-refractivity contribution in [3.63, 3.8) is 0 Å². The lowest BCUT2D eigenvalue weighted by Crippen LogP contribution is -2.33. The van der Waals surface area contributed by atoms with Gasteiger partial charge in [-0.15, -0.1) is 0 Å². The lowest BCUT2D eigenvalue weighted by atomic mass is 10.2. The second-order valence-corrected chi connectivity index (χ2v) is 5.11. The second-order valence-electron chi connectivity index (χ2n) is 3.81. The van der Waals surface area contributed by atoms with E-state index in [0.29, 0.717) is 24.5 Å². The summed E-state index contributed by atoms with van der Waals surface area (Å²) in [5, 5.41) is 0. The number of carbonyl (C=O) groups is 1. The molecule has 0 aliphatic rings. The lowest BCUT2D eigenvalue weighted by Gasteiger charge is -2.21. The van der Waals surface area contributed by atoms with E-state index in [1.165, 1.54) is 13.3 Å². The molecule has 0 bridgehead atoms. The molecule has 0 spiro atoms. The van der Waals surface area contributed by atoms with Crippen LogP contribution in [0.4, 0.5) is 0 Å². The smallest absolute Gasteiger partial charge is 0.257 e. The molecule has 1 aromatic heterocycles. The monoisotopic (exact) mass is 316 g/mol. The average Bonchev–Trinajstić information content (AvgIpc) is 2.38. The minimum atomic E-state index is -0.102. The molecule has 0 fully saturated rings. The fourth-order valence-electron chi connectivity index (χ4n) is 1.54. The SMILES string of the molecule is COCC(Br)CN(C)C(=O)c1ccncc1OC. The van der Waals surface area contributed by atoms with Crippen molar-refractivity contribution >= 4 is 21.8 Å². The van der Waals surface area contributed by atoms with Gasteiger partial charge in [0, 0.05) is 26.9 Å². The van der Waals surface area contributed by atoms with E-state index in [1.54, 1.807) is 31.3 Å². The maximum Gasteiger partial charge on any atom is 0.257 e. The number of ether oxygens (including phenoxy) is 2. The number of pyridine rings is 1. The number of hydrogen-bond acceptors (Lipinski definition) is 4. The molecule has 6 heteroatoms. The van der Waals surface area contributed by atoms with Crippen LogP contribution < -0.4 is 4.74 Å². The van der Waals surface area contributed by atoms with Gasteiger partial charge in [0.2, 0.25) is 0 Å². The summed E-state index contributed by atoms with van der Waals surface area (Å²) in [4.78, 5) is 17.9. The van der Waals surface area contributed by atoms with Crippen molar-refractivity contribution in [1.82, 2.24) is 9.88 Å². The highest BCUT2D eigenvalue weighted by Gasteiger charge is 2.18. The Morgan fingerprint density at radius 1 is 1.56 bits per heavy atom. The highest BCUT2D eigenvalue weighted by Crippen LogP contribution is 2.18. The van der Waals surface area contributed by atoms with Crippen LogP contribution in [0.2, 0.25) is 0 Å². The first-order valence-corrected chi connectivity index (χ1v) is 6.38. The van der Waals surface area contributed by atoms with E-state index in [9.17, 15) is 4.79 Å². The van der Waals surface area contributed by atoms with E-state index in [4.69, 9.17) is 9.47 Å². The third-order valence-electron chi connectivity index (χ3n) is 2.40. The van der Waals surface area contributed by atoms with Gasteiger partial charge in [0.25, 0.3) is 5.91 Å². The summed E-state index contributed by atoms with van der Waals surface area (Å²) < 4.78 is 10.1. The summed E-state index contributed by atoms with van der Waals surface area (Å²) in [6.45, 7) is 1.10. The summed E-state index contributed by atoms with van der Waals surface area (Å²) in [6, 6.07) is 1.65. The number of amides is 1. The number of carbonyl (C=O) groups excluding carboxylic acids is 1. The Balaban J connectivity index is 2.74. The Kier molecular flexibility index (Phi) is 6.07. The van der Waals surface area contributed by atoms with Crippen LogP contribution in [0.15, 0.2) is 18.5 Å². The molecule has 1 atom stereocenters. The molecule has 100 valence electrons. The molecule has 0 aliphatic heterocycles. The molecule has 1 rings (SSSR count). The zero-order valence-corrected chi connectivity index (χ0v) is 12.3. The molecule has 1 heterocycles. The quantitative estimate of drug-likeness (QED) is 0.748. The van der Waals surface area contributed by atoms with Crippen LogP contribution in [-0.2, 0) is 4.74 Å². The van der Waals surface area contributed by atoms with Crippen molar-refractivity contribution in [2.45, 2.75) is 4.83 Å². The number of nitrogens with zero attached hydrogens (tertiary/aromatic N) is 2. The molecular weight excluding hydrogens is 300 g/mol. The van der Waals surface area contributed by atoms with Crippen molar-refractivity contribution in [2.24, 2.45) is 0 Å². The standard InChI is InChI=1S/C12H17BrN2O3/c1-15(7-9(13)8-17-2)12(16)10-4-5-14-6-11(10)18-3/h4-6,9H,7-8H2,1-3H3. The molecule has 0 saturated heterocycles. The fourth-order valence-corrected chi connectivity index (χ4v) is 2.24. The Hall–Kier alpha value is -1.14. The molecule has 1 unspecified atom stereocenters. The van der Waals surface area contributed by atoms with Crippen molar-refractivity contribution in [3.05, 3.63) is 24.0 Å². The number of aromatic nitrogens is 1. The first-order chi connectivity index (χ1) is 8.60. The summed E-state index contributed by atoms with van der Waals surface area (Å²) in [5.74, 6) is 0.377. The summed E-state index contributed by atoms with van der Waals surface area (Å²) in [7, 11) is 4.89. The average molecular weight is 317 g/mol. The molecule has 0 aromatic carbocycles. The molecular formula is C12H17BrN2O3. The number of hydrogen-bond donors (Lipinski definition) is 0. The van der Waals surface area contributed by atoms with Crippen LogP contribution in [0.3, 0.4) is 0 Å². The van der Waals surface area contributed by atoms with E-state index < -0.39 is 0 Å². The van der Waals surface area contributed by atoms with Crippen molar-refractivity contribution in [1.29, 1.82) is 0 Å². The lowest BCUT2D eigenvalue weighted by molar-refractivity contribution is 0.0780. The maximum atomic E-state index is 12.2. The van der Waals surface area contributed by atoms with Gasteiger partial charge in [-0.05, 0) is 6.07 Å². The Labute approximate surface area is 115 Å². The van der Waals surface area contributed by atoms with Gasteiger partial charge >= 0.3 is 0 Å². The van der Waals surface area contributed by atoms with Crippen LogP contribution in [0, 0.1) is 0 Å². The molecule has 1 amide bonds. The van der Waals surface area contributed by atoms with E-state index in [-0.39, 0.29) is 10.7 Å². The van der Waals surface area contributed by atoms with Gasteiger partial charge in [0.05, 0.1) is 30.3 Å². The third kappa shape index (κ3) is 3.96. The van der Waals surface area contributed by atoms with E-state index in [2.05, 4.69) is 20.9 Å². The molecule has 5 nitrogen and oxygen atoms in total. The van der Waals surface area contributed by atoms with Gasteiger partial charge in [-0.2, -0.15) is 0 Å². The second kappa shape index (κ2) is 7.33. The molecule has 0 N–H and O–H groups in total. The van der Waals surface area contributed by atoms with Crippen LogP contribution >= 0.6 is 15.9 Å². The van der Waals surface area contributed by atoms with E-state index in [0.717, 1.165) is 0 Å². The molecule has 0 saturated carbocycles. The van der Waals surface area contributed by atoms with Gasteiger partial charge in [-0.3, -0.25) is 9.78 Å². The largest absolute Gasteiger partial charge is 0.494 e. The summed E-state index contributed by atoms with van der Waals surface area (Å²) in [6.07, 6.45) is 3.10. The molecule has 1 aromatic rings. The predicted molar refractivity (Wildman–Crippen MR) is 72.3 cm³/mol. The highest BCUT2D eigenvalue weighted by molar-refractivity contribution is 9.09. The molecule has 18 heavy (non-hydrogen) atoms. The first kappa shape index (κ1) is 14.9. The number of rotatable bonds is 6. The number of halogens is 1.